The second kappa shape index (κ2) is 8.20. The summed E-state index contributed by atoms with van der Waals surface area (Å²) in [7, 11) is -1.55. The molecule has 0 amide bonds. The molecular formula is C17H27FIN3O2S. The Morgan fingerprint density at radius 2 is 1.88 bits per heavy atom. The average Bonchev–Trinajstić information content (AvgIpc) is 3.27. The van der Waals surface area contributed by atoms with E-state index in [1.54, 1.807) is 27.0 Å². The first-order valence-corrected chi connectivity index (χ1v) is 9.90. The fourth-order valence-corrected chi connectivity index (χ4v) is 2.82. The Bertz CT molecular complexity index is 731. The van der Waals surface area contributed by atoms with E-state index in [9.17, 15) is 12.8 Å². The molecule has 0 saturated heterocycles. The van der Waals surface area contributed by atoms with Crippen LogP contribution in [0.3, 0.4) is 0 Å². The van der Waals surface area contributed by atoms with Gasteiger partial charge in [0.1, 0.15) is 5.82 Å². The van der Waals surface area contributed by atoms with Crippen LogP contribution in [0.5, 0.6) is 0 Å². The Morgan fingerprint density at radius 3 is 2.36 bits per heavy atom. The van der Waals surface area contributed by atoms with E-state index in [0.717, 1.165) is 18.4 Å². The maximum absolute atomic E-state index is 14.0. The third-order valence-electron chi connectivity index (χ3n) is 4.80. The molecule has 1 aromatic rings. The molecule has 2 N–H and O–H groups in total. The molecule has 2 rings (SSSR count). The summed E-state index contributed by atoms with van der Waals surface area (Å²) in [6, 6.07) is 6.85. The molecule has 142 valence electrons. The molecule has 5 nitrogen and oxygen atoms in total. The lowest BCUT2D eigenvalue weighted by Crippen LogP contribution is -2.49. The molecule has 1 fully saturated rings. The van der Waals surface area contributed by atoms with Crippen LogP contribution in [0.2, 0.25) is 0 Å². The SMILES string of the molecule is CN=C(NCC1(c2ccccc2F)CC1)NCC(C)(C)S(C)(=O)=O.I. The summed E-state index contributed by atoms with van der Waals surface area (Å²) in [5.41, 5.74) is 0.527. The predicted octanol–water partition coefficient (Wildman–Crippen LogP) is 2.46. The molecule has 0 aromatic heterocycles. The zero-order valence-electron chi connectivity index (χ0n) is 15.1. The molecular weight excluding hydrogens is 456 g/mol. The molecule has 1 aromatic carbocycles. The molecule has 8 heteroatoms. The molecule has 0 radical (unpaired) electrons. The molecule has 0 atom stereocenters. The summed E-state index contributed by atoms with van der Waals surface area (Å²) in [4.78, 5) is 4.13. The first-order chi connectivity index (χ1) is 11.1. The quantitative estimate of drug-likeness (QED) is 0.371. The van der Waals surface area contributed by atoms with Crippen molar-refractivity contribution in [2.45, 2.75) is 36.9 Å². The number of nitrogens with one attached hydrogen (secondary N) is 2. The highest BCUT2D eigenvalue weighted by molar-refractivity contribution is 14.0. The Hall–Kier alpha value is -0.900. The summed E-state index contributed by atoms with van der Waals surface area (Å²) >= 11 is 0. The Kier molecular flexibility index (Phi) is 7.26. The predicted molar refractivity (Wildman–Crippen MR) is 111 cm³/mol. The number of nitrogens with zero attached hydrogens (tertiary/aromatic N) is 1. The van der Waals surface area contributed by atoms with Crippen LogP contribution in [0.4, 0.5) is 4.39 Å². The van der Waals surface area contributed by atoms with Crippen LogP contribution < -0.4 is 10.6 Å². The van der Waals surface area contributed by atoms with E-state index >= 15 is 0 Å². The standard InChI is InChI=1S/C17H26FN3O2S.HI/c1-16(2,24(4,22)23)11-20-15(19-3)21-12-17(9-10-17)13-7-5-6-8-14(13)18;/h5-8H,9-12H2,1-4H3,(H2,19,20,21);1H. The maximum Gasteiger partial charge on any atom is 0.191 e. The van der Waals surface area contributed by atoms with Crippen LogP contribution in [0.1, 0.15) is 32.3 Å². The number of aliphatic imine (C=N–C) groups is 1. The molecule has 0 heterocycles. The Labute approximate surface area is 166 Å². The first-order valence-electron chi connectivity index (χ1n) is 8.00. The largest absolute Gasteiger partial charge is 0.356 e. The van der Waals surface area contributed by atoms with Crippen molar-refractivity contribution >= 4 is 39.8 Å². The Morgan fingerprint density at radius 1 is 1.28 bits per heavy atom. The van der Waals surface area contributed by atoms with E-state index in [1.165, 1.54) is 12.3 Å². The lowest BCUT2D eigenvalue weighted by molar-refractivity contribution is 0.539. The zero-order chi connectivity index (χ0) is 18.0. The van der Waals surface area contributed by atoms with E-state index in [-0.39, 0.29) is 41.8 Å². The summed E-state index contributed by atoms with van der Waals surface area (Å²) in [5.74, 6) is 0.340. The molecule has 0 unspecified atom stereocenters. The van der Waals surface area contributed by atoms with Crippen molar-refractivity contribution in [2.24, 2.45) is 4.99 Å². The first kappa shape index (κ1) is 22.1. The van der Waals surface area contributed by atoms with Gasteiger partial charge in [0.25, 0.3) is 0 Å². The monoisotopic (exact) mass is 483 g/mol. The summed E-state index contributed by atoms with van der Waals surface area (Å²) in [6.07, 6.45) is 3.07. The fraction of sp³-hybridized carbons (Fsp3) is 0.588. The maximum atomic E-state index is 14.0. The van der Waals surface area contributed by atoms with E-state index in [0.29, 0.717) is 12.5 Å². The van der Waals surface area contributed by atoms with Gasteiger partial charge in [0.05, 0.1) is 4.75 Å². The van der Waals surface area contributed by atoms with Gasteiger partial charge in [-0.25, -0.2) is 12.8 Å². The van der Waals surface area contributed by atoms with Crippen molar-refractivity contribution in [3.8, 4) is 0 Å². The molecule has 0 bridgehead atoms. The molecule has 25 heavy (non-hydrogen) atoms. The summed E-state index contributed by atoms with van der Waals surface area (Å²) in [5, 5.41) is 6.25. The number of rotatable bonds is 6. The van der Waals surface area contributed by atoms with Gasteiger partial charge in [-0.1, -0.05) is 18.2 Å². The highest BCUT2D eigenvalue weighted by atomic mass is 127. The van der Waals surface area contributed by atoms with Gasteiger partial charge in [-0.2, -0.15) is 0 Å². The number of benzene rings is 1. The average molecular weight is 483 g/mol. The fourth-order valence-electron chi connectivity index (χ4n) is 2.48. The van der Waals surface area contributed by atoms with E-state index in [2.05, 4.69) is 15.6 Å². The van der Waals surface area contributed by atoms with Gasteiger partial charge < -0.3 is 10.6 Å². The smallest absolute Gasteiger partial charge is 0.191 e. The highest BCUT2D eigenvalue weighted by Gasteiger charge is 2.45. The van der Waals surface area contributed by atoms with Gasteiger partial charge in [-0.15, -0.1) is 24.0 Å². The van der Waals surface area contributed by atoms with Gasteiger partial charge in [0.2, 0.25) is 0 Å². The second-order valence-corrected chi connectivity index (χ2v) is 9.72. The number of hydrogen-bond donors (Lipinski definition) is 2. The highest BCUT2D eigenvalue weighted by Crippen LogP contribution is 2.48. The lowest BCUT2D eigenvalue weighted by atomic mass is 9.95. The van der Waals surface area contributed by atoms with Crippen molar-refractivity contribution in [3.05, 3.63) is 35.6 Å². The normalized spacial score (nSPS) is 16.8. The third-order valence-corrected chi connectivity index (χ3v) is 6.95. The topological polar surface area (TPSA) is 70.6 Å². The van der Waals surface area contributed by atoms with Crippen molar-refractivity contribution in [3.63, 3.8) is 0 Å². The van der Waals surface area contributed by atoms with Crippen molar-refractivity contribution < 1.29 is 12.8 Å². The molecule has 0 spiro atoms. The number of sulfone groups is 1. The van der Waals surface area contributed by atoms with E-state index < -0.39 is 14.6 Å². The minimum absolute atomic E-state index is 0. The number of guanidine groups is 1. The summed E-state index contributed by atoms with van der Waals surface area (Å²) < 4.78 is 36.7. The van der Waals surface area contributed by atoms with Crippen LogP contribution in [-0.2, 0) is 15.3 Å². The third kappa shape index (κ3) is 5.29. The van der Waals surface area contributed by atoms with Gasteiger partial charge in [0, 0.05) is 31.8 Å². The minimum atomic E-state index is -3.18. The molecule has 1 aliphatic rings. The molecule has 0 aliphatic heterocycles. The molecule has 1 saturated carbocycles. The lowest BCUT2D eigenvalue weighted by Gasteiger charge is -2.25. The van der Waals surface area contributed by atoms with Crippen LogP contribution in [0.15, 0.2) is 29.3 Å². The number of halogens is 2. The Balaban J connectivity index is 0.00000312. The van der Waals surface area contributed by atoms with Gasteiger partial charge in [-0.05, 0) is 38.3 Å². The van der Waals surface area contributed by atoms with E-state index in [1.807, 2.05) is 12.1 Å². The minimum Gasteiger partial charge on any atom is -0.356 e. The van der Waals surface area contributed by atoms with Crippen LogP contribution in [0.25, 0.3) is 0 Å². The van der Waals surface area contributed by atoms with Gasteiger partial charge >= 0.3 is 0 Å². The van der Waals surface area contributed by atoms with Crippen molar-refractivity contribution in [2.75, 3.05) is 26.4 Å². The zero-order valence-corrected chi connectivity index (χ0v) is 18.2. The molecule has 1 aliphatic carbocycles. The van der Waals surface area contributed by atoms with Crippen LogP contribution >= 0.6 is 24.0 Å². The summed E-state index contributed by atoms with van der Waals surface area (Å²) in [6.45, 7) is 4.15. The van der Waals surface area contributed by atoms with Crippen molar-refractivity contribution in [1.29, 1.82) is 0 Å². The van der Waals surface area contributed by atoms with Crippen LogP contribution in [-0.4, -0.2) is 45.5 Å². The van der Waals surface area contributed by atoms with Crippen molar-refractivity contribution in [1.82, 2.24) is 10.6 Å². The second-order valence-electron chi connectivity index (χ2n) is 7.07. The van der Waals surface area contributed by atoms with E-state index in [4.69, 9.17) is 0 Å². The number of hydrogen-bond acceptors (Lipinski definition) is 3. The van der Waals surface area contributed by atoms with Crippen LogP contribution in [0, 0.1) is 5.82 Å². The van der Waals surface area contributed by atoms with Gasteiger partial charge in [-0.3, -0.25) is 4.99 Å². The van der Waals surface area contributed by atoms with Gasteiger partial charge in [0.15, 0.2) is 15.8 Å².